The number of carbonyl (C=O) groups excluding carboxylic acids is 1. The zero-order valence-electron chi connectivity index (χ0n) is 10.3. The van der Waals surface area contributed by atoms with E-state index >= 15 is 0 Å². The zero-order chi connectivity index (χ0) is 12.8. The molecule has 6 nitrogen and oxygen atoms in total. The molecule has 1 rings (SSSR count). The molecule has 0 bridgehead atoms. The molecule has 0 radical (unpaired) electrons. The Kier molecular flexibility index (Phi) is 4.84. The molecule has 94 valence electrons. The van der Waals surface area contributed by atoms with Crippen molar-refractivity contribution in [3.63, 3.8) is 0 Å². The van der Waals surface area contributed by atoms with Gasteiger partial charge in [0.1, 0.15) is 5.69 Å². The average Bonchev–Trinajstić information content (AvgIpc) is 2.29. The Hall–Kier alpha value is -1.69. The Morgan fingerprint density at radius 2 is 2.24 bits per heavy atom. The van der Waals surface area contributed by atoms with E-state index in [0.717, 1.165) is 0 Å². The summed E-state index contributed by atoms with van der Waals surface area (Å²) in [6.07, 6.45) is 0. The first-order valence-electron chi connectivity index (χ1n) is 5.42. The third-order valence-corrected chi connectivity index (χ3v) is 2.32. The Morgan fingerprint density at radius 3 is 2.71 bits per heavy atom. The zero-order valence-corrected chi connectivity index (χ0v) is 10.3. The third kappa shape index (κ3) is 3.67. The van der Waals surface area contributed by atoms with Crippen LogP contribution in [0.3, 0.4) is 0 Å². The lowest BCUT2D eigenvalue weighted by molar-refractivity contribution is 0.0628. The summed E-state index contributed by atoms with van der Waals surface area (Å²) in [5.41, 5.74) is -0.0936. The maximum atomic E-state index is 12.1. The Balaban J connectivity index is 2.83. The van der Waals surface area contributed by atoms with E-state index in [2.05, 4.69) is 10.2 Å². The second-order valence-electron chi connectivity index (χ2n) is 3.89. The van der Waals surface area contributed by atoms with Crippen LogP contribution in [0, 0.1) is 0 Å². The van der Waals surface area contributed by atoms with E-state index in [-0.39, 0.29) is 23.2 Å². The fraction of sp³-hybridized carbons (Fsp3) is 0.545. The summed E-state index contributed by atoms with van der Waals surface area (Å²) in [5.74, 6) is -0.215. The molecule has 0 aliphatic heterocycles. The van der Waals surface area contributed by atoms with Gasteiger partial charge in [-0.15, -0.1) is 0 Å². The van der Waals surface area contributed by atoms with Gasteiger partial charge < -0.3 is 9.64 Å². The molecule has 0 saturated carbocycles. The molecule has 0 saturated heterocycles. The minimum absolute atomic E-state index is 0.0476. The molecule has 0 aliphatic rings. The van der Waals surface area contributed by atoms with Crippen LogP contribution in [0.5, 0.6) is 0 Å². The minimum atomic E-state index is -0.325. The lowest BCUT2D eigenvalue weighted by Gasteiger charge is -2.25. The second-order valence-corrected chi connectivity index (χ2v) is 3.89. The van der Waals surface area contributed by atoms with Gasteiger partial charge in [0, 0.05) is 25.8 Å². The van der Waals surface area contributed by atoms with Crippen LogP contribution in [-0.2, 0) is 4.74 Å². The molecule has 0 spiro atoms. The van der Waals surface area contributed by atoms with Gasteiger partial charge in [0.2, 0.25) is 0 Å². The largest absolute Gasteiger partial charge is 0.383 e. The normalized spacial score (nSPS) is 10.6. The molecule has 1 aromatic rings. The Bertz CT molecular complexity index is 408. The first-order chi connectivity index (χ1) is 8.06. The van der Waals surface area contributed by atoms with E-state index in [1.807, 2.05) is 13.8 Å². The first kappa shape index (κ1) is 13.4. The number of hydrogen-bond acceptors (Lipinski definition) is 4. The van der Waals surface area contributed by atoms with Crippen molar-refractivity contribution in [2.24, 2.45) is 0 Å². The van der Waals surface area contributed by atoms with E-state index in [9.17, 15) is 9.59 Å². The van der Waals surface area contributed by atoms with Gasteiger partial charge in [-0.1, -0.05) is 0 Å². The molecule has 0 aliphatic carbocycles. The molecule has 1 N–H and O–H groups in total. The van der Waals surface area contributed by atoms with Crippen molar-refractivity contribution in [3.05, 3.63) is 28.2 Å². The van der Waals surface area contributed by atoms with E-state index in [0.29, 0.717) is 13.2 Å². The van der Waals surface area contributed by atoms with Crippen LogP contribution >= 0.6 is 0 Å². The number of H-pyrrole nitrogens is 1. The van der Waals surface area contributed by atoms with Crippen LogP contribution in [0.4, 0.5) is 0 Å². The van der Waals surface area contributed by atoms with Crippen LogP contribution in [0.1, 0.15) is 24.3 Å². The molecular weight excluding hydrogens is 222 g/mol. The quantitative estimate of drug-likeness (QED) is 0.800. The van der Waals surface area contributed by atoms with Crippen molar-refractivity contribution >= 4 is 5.91 Å². The van der Waals surface area contributed by atoms with Crippen molar-refractivity contribution in [1.82, 2.24) is 15.1 Å². The third-order valence-electron chi connectivity index (χ3n) is 2.32. The SMILES string of the molecule is COCCN(C(=O)c1ccc(=O)[nH]n1)C(C)C. The number of carbonyl (C=O) groups is 1. The molecule has 0 fully saturated rings. The van der Waals surface area contributed by atoms with Gasteiger partial charge in [0.15, 0.2) is 0 Å². The fourth-order valence-corrected chi connectivity index (χ4v) is 1.39. The van der Waals surface area contributed by atoms with Crippen molar-refractivity contribution < 1.29 is 9.53 Å². The topological polar surface area (TPSA) is 75.3 Å². The van der Waals surface area contributed by atoms with E-state index in [4.69, 9.17) is 4.74 Å². The van der Waals surface area contributed by atoms with Crippen LogP contribution in [0.15, 0.2) is 16.9 Å². The van der Waals surface area contributed by atoms with Gasteiger partial charge in [-0.25, -0.2) is 5.10 Å². The molecule has 1 aromatic heterocycles. The van der Waals surface area contributed by atoms with Crippen molar-refractivity contribution in [1.29, 1.82) is 0 Å². The number of methoxy groups -OCH3 is 1. The molecular formula is C11H17N3O3. The molecule has 0 atom stereocenters. The van der Waals surface area contributed by atoms with Crippen molar-refractivity contribution in [2.75, 3.05) is 20.3 Å². The summed E-state index contributed by atoms with van der Waals surface area (Å²) in [5, 5.41) is 5.97. The molecule has 17 heavy (non-hydrogen) atoms. The average molecular weight is 239 g/mol. The predicted octanol–water partition coefficient (Wildman–Crippen LogP) is 0.267. The number of ether oxygens (including phenoxy) is 1. The molecule has 0 aromatic carbocycles. The van der Waals surface area contributed by atoms with Crippen molar-refractivity contribution in [3.8, 4) is 0 Å². The van der Waals surface area contributed by atoms with Gasteiger partial charge in [0.25, 0.3) is 11.5 Å². The molecule has 1 heterocycles. The highest BCUT2D eigenvalue weighted by Gasteiger charge is 2.19. The maximum Gasteiger partial charge on any atom is 0.274 e. The predicted molar refractivity (Wildman–Crippen MR) is 62.9 cm³/mol. The van der Waals surface area contributed by atoms with Crippen molar-refractivity contribution in [2.45, 2.75) is 19.9 Å². The number of nitrogens with one attached hydrogen (secondary N) is 1. The number of rotatable bonds is 5. The second kappa shape index (κ2) is 6.15. The van der Waals surface area contributed by atoms with E-state index in [1.54, 1.807) is 12.0 Å². The van der Waals surface area contributed by atoms with Crippen LogP contribution < -0.4 is 5.56 Å². The van der Waals surface area contributed by atoms with Gasteiger partial charge in [-0.2, -0.15) is 5.10 Å². The number of aromatic amines is 1. The summed E-state index contributed by atoms with van der Waals surface area (Å²) in [6, 6.07) is 2.75. The van der Waals surface area contributed by atoms with E-state index in [1.165, 1.54) is 12.1 Å². The van der Waals surface area contributed by atoms with Gasteiger partial charge in [0.05, 0.1) is 6.61 Å². The van der Waals surface area contributed by atoms with Crippen LogP contribution in [0.25, 0.3) is 0 Å². The first-order valence-corrected chi connectivity index (χ1v) is 5.42. The molecule has 0 unspecified atom stereocenters. The highest BCUT2D eigenvalue weighted by Crippen LogP contribution is 2.04. The summed E-state index contributed by atoms with van der Waals surface area (Å²) in [4.78, 5) is 24.6. The highest BCUT2D eigenvalue weighted by atomic mass is 16.5. The van der Waals surface area contributed by atoms with Gasteiger partial charge in [-0.05, 0) is 19.9 Å². The number of amides is 1. The number of nitrogens with zero attached hydrogens (tertiary/aromatic N) is 2. The maximum absolute atomic E-state index is 12.1. The summed E-state index contributed by atoms with van der Waals surface area (Å²) in [7, 11) is 1.58. The minimum Gasteiger partial charge on any atom is -0.383 e. The number of aromatic nitrogens is 2. The van der Waals surface area contributed by atoms with Crippen LogP contribution in [0.2, 0.25) is 0 Å². The fourth-order valence-electron chi connectivity index (χ4n) is 1.39. The summed E-state index contributed by atoms with van der Waals surface area (Å²) < 4.78 is 4.96. The summed E-state index contributed by atoms with van der Waals surface area (Å²) >= 11 is 0. The molecule has 1 amide bonds. The monoisotopic (exact) mass is 239 g/mol. The van der Waals surface area contributed by atoms with Crippen LogP contribution in [-0.4, -0.2) is 47.3 Å². The summed E-state index contributed by atoms with van der Waals surface area (Å²) in [6.45, 7) is 4.79. The standard InChI is InChI=1S/C11H17N3O3/c1-8(2)14(6-7-17-3)11(16)9-4-5-10(15)13-12-9/h4-5,8H,6-7H2,1-3H3,(H,13,15). The lowest BCUT2D eigenvalue weighted by Crippen LogP contribution is -2.40. The smallest absolute Gasteiger partial charge is 0.274 e. The number of hydrogen-bond donors (Lipinski definition) is 1. The Labute approximate surface area is 99.6 Å². The van der Waals surface area contributed by atoms with Gasteiger partial charge >= 0.3 is 0 Å². The Morgan fingerprint density at radius 1 is 1.53 bits per heavy atom. The highest BCUT2D eigenvalue weighted by molar-refractivity contribution is 5.92. The van der Waals surface area contributed by atoms with Gasteiger partial charge in [-0.3, -0.25) is 9.59 Å². The molecule has 6 heteroatoms. The van der Waals surface area contributed by atoms with E-state index < -0.39 is 0 Å². The lowest BCUT2D eigenvalue weighted by atomic mass is 10.2.